The van der Waals surface area contributed by atoms with Crippen LogP contribution in [0, 0.1) is 0 Å². The lowest BCUT2D eigenvalue weighted by molar-refractivity contribution is -0.0280. The van der Waals surface area contributed by atoms with Crippen molar-refractivity contribution in [3.05, 3.63) is 208 Å². The maximum absolute atomic E-state index is 12.0. The molecule has 0 spiro atoms. The summed E-state index contributed by atoms with van der Waals surface area (Å²) >= 11 is 0. The molecule has 0 radical (unpaired) electrons. The standard InChI is InChI=1S/7C16H25NO2/c7*1-17(2)12-15(13-6-8-14(18)9-7-13)16(19)10-4-3-5-11-16/h7*6-9,15,18-19H,3-5,10-12H2,1-2H3/i1D3,2D3,3D2,4D2,5D2,8D,9D,10D2,11D2,12D2,15D;1D3,3D2,4D2,5D2,8D,9D,10D2,11D2,12D2,15D;1D3,2D3,3D2,4D2,5D2,8D,9D,10D2,11D2,15D;3D2,4D2,5D2,8D,9D,10D2,11D2,12D2,15D;1D3,2D3,6D,7D,8D,9D;1D3,6D,7D,8D,9D;6D,7D,8D,9D. The van der Waals surface area contributed by atoms with Gasteiger partial charge in [-0.1, -0.05) is 219 Å². The van der Waals surface area contributed by atoms with Gasteiger partial charge in [-0.05, 0) is 311 Å². The summed E-state index contributed by atoms with van der Waals surface area (Å²) in [4.78, 5) is 2.20. The number of likely N-dealkylation sites (N-methyl/N-ethyl adjacent to an activating group) is 7. The Balaban J connectivity index is 0.000000315. The van der Waals surface area contributed by atoms with Crippen LogP contribution in [0.15, 0.2) is 169 Å². The summed E-state index contributed by atoms with van der Waals surface area (Å²) in [5.41, 5.74) is -27.0. The molecule has 7 fully saturated rings. The Labute approximate surface area is 932 Å². The molecule has 7 aromatic rings. The Morgan fingerprint density at radius 2 is 0.459 bits per heavy atom. The molecule has 0 aliphatic heterocycles. The molecule has 7 saturated carbocycles. The topological polar surface area (TPSA) is 306 Å². The number of phenols is 7. The first-order valence-electron chi connectivity index (χ1n) is 87.8. The quantitative estimate of drug-likeness (QED) is 0.0217. The molecule has 14 N–H and O–H groups in total. The maximum Gasteiger partial charge on any atom is 0.115 e. The molecular weight excluding hydrogens is 1670 g/mol. The minimum absolute atomic E-state index is 0.0432. The molecule has 133 heavy (non-hydrogen) atoms. The van der Waals surface area contributed by atoms with Gasteiger partial charge in [-0.25, -0.2) is 0 Å². The van der Waals surface area contributed by atoms with E-state index in [1.54, 1.807) is 0 Å². The molecule has 0 saturated heterocycles. The molecule has 7 unspecified atom stereocenters. The molecule has 7 aliphatic carbocycles. The fraction of sp³-hybridized carbons (Fsp3) is 0.625. The van der Waals surface area contributed by atoms with Crippen molar-refractivity contribution in [3.63, 3.8) is 0 Å². The second kappa shape index (κ2) is 53.5. The van der Waals surface area contributed by atoms with Crippen molar-refractivity contribution in [1.29, 1.82) is 0 Å². The van der Waals surface area contributed by atoms with E-state index in [1.165, 1.54) is 7.05 Å². The third-order valence-corrected chi connectivity index (χ3v) is 20.7. The van der Waals surface area contributed by atoms with Crippen molar-refractivity contribution in [2.75, 3.05) is 144 Å². The van der Waals surface area contributed by atoms with Gasteiger partial charge in [0.2, 0.25) is 0 Å². The third-order valence-electron chi connectivity index (χ3n) is 20.7. The number of hydrogen-bond acceptors (Lipinski definition) is 21. The lowest BCUT2D eigenvalue weighted by Gasteiger charge is -2.40. The predicted molar refractivity (Wildman–Crippen MR) is 542 cm³/mol. The first-order valence-corrected chi connectivity index (χ1v) is 40.8. The van der Waals surface area contributed by atoms with Crippen LogP contribution in [0.2, 0.25) is 0 Å². The summed E-state index contributed by atoms with van der Waals surface area (Å²) in [5.74, 6) is -25.4. The highest BCUT2D eigenvalue weighted by atomic mass is 16.3. The zero-order chi connectivity index (χ0) is 179. The highest BCUT2D eigenvalue weighted by Crippen LogP contribution is 2.48. The van der Waals surface area contributed by atoms with Crippen molar-refractivity contribution in [1.82, 2.24) is 34.3 Å². The Kier molecular flexibility index (Phi) is 15.3. The summed E-state index contributed by atoms with van der Waals surface area (Å²) < 4.78 is 758. The van der Waals surface area contributed by atoms with Crippen molar-refractivity contribution in [2.45, 2.75) is 304 Å². The molecule has 21 heteroatoms. The van der Waals surface area contributed by atoms with Gasteiger partial charge in [0, 0.05) is 188 Å². The number of rotatable bonds is 28. The number of aromatic hydroxyl groups is 7. The summed E-state index contributed by atoms with van der Waals surface area (Å²) in [7, 11) is 7.68. The molecule has 742 valence electrons. The highest BCUT2D eigenvalue weighted by molar-refractivity contribution is 5.37. The Hall–Kier alpha value is -7.42. The monoisotopic (exact) mass is 1940 g/mol. The van der Waals surface area contributed by atoms with E-state index in [9.17, 15) is 71.5 Å². The van der Waals surface area contributed by atoms with E-state index >= 15 is 0 Å². The van der Waals surface area contributed by atoms with Crippen LogP contribution in [-0.4, -0.2) is 289 Å². The smallest absolute Gasteiger partial charge is 0.115 e. The van der Waals surface area contributed by atoms with Crippen LogP contribution in [0.4, 0.5) is 0 Å². The zero-order valence-electron chi connectivity index (χ0n) is 167. The highest BCUT2D eigenvalue weighted by Gasteiger charge is 2.46. The van der Waals surface area contributed by atoms with E-state index < -0.39 is 477 Å². The van der Waals surface area contributed by atoms with Crippen LogP contribution < -0.4 is 0 Å². The van der Waals surface area contributed by atoms with E-state index in [0.29, 0.717) is 93.4 Å². The van der Waals surface area contributed by atoms with Crippen LogP contribution in [0.5, 0.6) is 40.2 Å². The minimum Gasteiger partial charge on any atom is -0.508 e. The number of benzene rings is 7. The molecule has 7 aliphatic rings. The number of hydrogen-bond donors (Lipinski definition) is 14. The van der Waals surface area contributed by atoms with Crippen molar-refractivity contribution in [2.24, 2.45) is 0 Å². The number of phenolic OH excluding ortho intramolecular Hbond substituents is 7. The van der Waals surface area contributed by atoms with E-state index in [4.69, 9.17) is 129 Å². The van der Waals surface area contributed by atoms with E-state index in [0.717, 1.165) is 63.9 Å². The first-order chi connectivity index (χ1) is 100. The lowest BCUT2D eigenvalue weighted by Crippen LogP contribution is -2.42. The summed E-state index contributed by atoms with van der Waals surface area (Å²) in [6.07, 6.45) is -74.8. The Morgan fingerprint density at radius 1 is 0.248 bits per heavy atom. The molecule has 14 rings (SSSR count). The Bertz CT molecular complexity index is 8870. The van der Waals surface area contributed by atoms with Crippen molar-refractivity contribution in [3.8, 4) is 40.2 Å². The van der Waals surface area contributed by atoms with Gasteiger partial charge in [0.05, 0.1) is 66.6 Å². The summed E-state index contributed by atoms with van der Waals surface area (Å²) in [5, 5.41) is 150. The largest absolute Gasteiger partial charge is 0.508 e. The van der Waals surface area contributed by atoms with Crippen LogP contribution in [-0.2, 0) is 0 Å². The molecule has 7 aromatic carbocycles. The molecule has 7 atom stereocenters. The second-order valence-corrected chi connectivity index (χ2v) is 31.4. The van der Waals surface area contributed by atoms with Gasteiger partial charge in [0.25, 0.3) is 0 Å². The summed E-state index contributed by atoms with van der Waals surface area (Å²) in [6, 6.07) is -10.9. The second-order valence-electron chi connectivity index (χ2n) is 31.4. The van der Waals surface area contributed by atoms with Gasteiger partial charge in [-0.2, -0.15) is 0 Å². The zero-order valence-corrected chi connectivity index (χ0v) is 73.2. The first kappa shape index (κ1) is 38.0. The van der Waals surface area contributed by atoms with Crippen LogP contribution in [0.3, 0.4) is 0 Å². The average molecular weight is 1940 g/mol. The number of aliphatic hydroxyl groups is 7. The van der Waals surface area contributed by atoms with Crippen LogP contribution >= 0.6 is 0 Å². The van der Waals surface area contributed by atoms with Gasteiger partial charge in [0.1, 0.15) is 40.2 Å². The van der Waals surface area contributed by atoms with Crippen LogP contribution in [0.1, 0.15) is 433 Å². The minimum atomic E-state index is -4.89. The SMILES string of the molecule is [2H]c1c([2H])c(C(CN(C([2H])([2H])[2H])C([2H])([2H])[2H])C2(O)CCCCC2)c([2H])c([2H])c1O.[2H]c1c([2H])c(C(CN(C)C([2H])([2H])[2H])C2(O)CCCCC2)c([2H])c([2H])c1O.[2H]c1c([2H])c(C(CN(C)C)C2(O)CCCCC2)c([2H])c([2H])c1O.[2H]c1cc(C([2H])(C([2H])([2H])N(C([2H])([2H])[2H])C([2H])([2H])[2H])C2(O)C([2H])([2H])C([2H])([2H])C([2H])([2H])C([2H])([2H])C2([2H])[2H])cc([2H])c1O.[2H]c1cc(C([2H])(C([2H])([2H])N(C)C([2H])([2H])[2H])C2(O)C([2H])([2H])C([2H])([2H])C([2H])([2H])C([2H])([2H])C2([2H])[2H])cc([2H])c1O.[2H]c1cc(C([2H])(C([2H])([2H])N(C)C)C2(O)C([2H])([2H])C([2H])([2H])C([2H])([2H])C([2H])([2H])C2([2H])[2H])cc([2H])c1O.[2H]c1cc(C([2H])(CN(C([2H])([2H])[2H])C([2H])([2H])[2H])C2(O)C([2H])([2H])C([2H])([2H])C([2H])([2H])C([2H])([2H])C2([2H])[2H])cc([2H])c1O. The van der Waals surface area contributed by atoms with Crippen molar-refractivity contribution >= 4 is 0 Å². The molecular formula is C112H175N7O14. The van der Waals surface area contributed by atoms with Gasteiger partial charge in [0.15, 0.2) is 0 Å². The molecule has 0 heterocycles. The van der Waals surface area contributed by atoms with Crippen LogP contribution in [0.25, 0.3) is 0 Å². The van der Waals surface area contributed by atoms with E-state index in [-0.39, 0.29) is 70.1 Å². The third kappa shape index (κ3) is 35.2. The van der Waals surface area contributed by atoms with Gasteiger partial charge < -0.3 is 106 Å². The predicted octanol–water partition coefficient (Wildman–Crippen LogP) is 19.1. The van der Waals surface area contributed by atoms with Gasteiger partial charge in [-0.3, -0.25) is 0 Å². The molecule has 0 aromatic heterocycles. The Morgan fingerprint density at radius 3 is 0.707 bits per heavy atom. The van der Waals surface area contributed by atoms with Gasteiger partial charge >= 0.3 is 0 Å². The normalized spacial score (nSPS) is 40.4. The molecule has 21 nitrogen and oxygen atoms in total. The lowest BCUT2D eigenvalue weighted by atomic mass is 9.72. The number of nitrogens with zero attached hydrogens (tertiary/aromatic N) is 7. The van der Waals surface area contributed by atoms with Crippen molar-refractivity contribution < 1.29 is 200 Å². The van der Waals surface area contributed by atoms with E-state index in [1.807, 2.05) is 19.0 Å². The summed E-state index contributed by atoms with van der Waals surface area (Å²) in [6.45, 7) is -41.7. The van der Waals surface area contributed by atoms with Gasteiger partial charge in [-0.15, -0.1) is 0 Å². The fourth-order valence-corrected chi connectivity index (χ4v) is 14.4. The average Bonchev–Trinajstić information content (AvgIpc) is 0.608. The fourth-order valence-electron chi connectivity index (χ4n) is 14.4. The van der Waals surface area contributed by atoms with E-state index in [2.05, 4.69) is 0 Å². The maximum atomic E-state index is 12.0. The molecule has 0 amide bonds. The molecule has 0 bridgehead atoms.